The monoisotopic (exact) mass is 412 g/mol. The van der Waals surface area contributed by atoms with Crippen LogP contribution in [0.25, 0.3) is 11.2 Å². The topological polar surface area (TPSA) is 88.1 Å². The van der Waals surface area contributed by atoms with Gasteiger partial charge < -0.3 is 4.74 Å². The second kappa shape index (κ2) is 9.56. The molecule has 0 amide bonds. The number of benzene rings is 1. The lowest BCUT2D eigenvalue weighted by Crippen LogP contribution is -2.37. The van der Waals surface area contributed by atoms with E-state index in [4.69, 9.17) is 4.74 Å². The fourth-order valence-electron chi connectivity index (χ4n) is 3.48. The minimum atomic E-state index is -0.432. The molecule has 0 aliphatic carbocycles. The Morgan fingerprint density at radius 3 is 2.30 bits per heavy atom. The molecule has 1 aromatic carbocycles. The number of aryl methyl sites for hydroxylation is 2. The summed E-state index contributed by atoms with van der Waals surface area (Å²) in [6, 6.07) is 6.91. The van der Waals surface area contributed by atoms with Gasteiger partial charge in [-0.05, 0) is 30.7 Å². The van der Waals surface area contributed by atoms with Crippen LogP contribution in [0.5, 0.6) is 11.8 Å². The Bertz CT molecular complexity index is 1140. The van der Waals surface area contributed by atoms with E-state index in [9.17, 15) is 14.4 Å². The molecule has 0 bridgehead atoms. The summed E-state index contributed by atoms with van der Waals surface area (Å²) < 4.78 is 10.2. The van der Waals surface area contributed by atoms with Crippen LogP contribution in [-0.4, -0.2) is 25.0 Å². The summed E-state index contributed by atoms with van der Waals surface area (Å²) in [5.41, 5.74) is 0.372. The predicted octanol–water partition coefficient (Wildman–Crippen LogP) is 3.40. The summed E-state index contributed by atoms with van der Waals surface area (Å²) in [5.74, 6) is 0.502. The van der Waals surface area contributed by atoms with Crippen LogP contribution in [0.4, 0.5) is 0 Å². The molecule has 0 radical (unpaired) electrons. The van der Waals surface area contributed by atoms with E-state index in [2.05, 4.69) is 11.9 Å². The number of aromatic nitrogens is 4. The molecule has 0 saturated heterocycles. The SMILES string of the molecule is CCCCCCCCn1c(Oc2ccc(C=O)cc2)nc2c1c(=O)n(C)c(=O)n2C. The highest BCUT2D eigenvalue weighted by Crippen LogP contribution is 2.25. The fourth-order valence-corrected chi connectivity index (χ4v) is 3.48. The maximum atomic E-state index is 12.8. The zero-order chi connectivity index (χ0) is 21.7. The van der Waals surface area contributed by atoms with Crippen molar-refractivity contribution in [1.82, 2.24) is 18.7 Å². The number of aldehydes is 1. The number of unbranched alkanes of at least 4 members (excludes halogenated alkanes) is 5. The summed E-state index contributed by atoms with van der Waals surface area (Å²) in [6.07, 6.45) is 7.43. The second-order valence-corrected chi connectivity index (χ2v) is 7.48. The Labute approximate surface area is 174 Å². The van der Waals surface area contributed by atoms with E-state index in [1.54, 1.807) is 35.9 Å². The number of fused-ring (bicyclic) bond motifs is 1. The largest absolute Gasteiger partial charge is 0.425 e. The van der Waals surface area contributed by atoms with Crippen LogP contribution in [-0.2, 0) is 20.6 Å². The van der Waals surface area contributed by atoms with Gasteiger partial charge in [0.1, 0.15) is 12.0 Å². The molecule has 3 aromatic rings. The zero-order valence-electron chi connectivity index (χ0n) is 17.8. The standard InChI is InChI=1S/C22H28N4O4/c1-4-5-6-7-8-9-14-26-18-19(24(2)22(29)25(3)20(18)28)23-21(26)30-17-12-10-16(15-27)11-13-17/h10-13,15H,4-9,14H2,1-3H3. The Balaban J connectivity index is 1.97. The van der Waals surface area contributed by atoms with Gasteiger partial charge >= 0.3 is 11.7 Å². The highest BCUT2D eigenvalue weighted by atomic mass is 16.5. The molecule has 3 rings (SSSR count). The van der Waals surface area contributed by atoms with Crippen molar-refractivity contribution in [2.75, 3.05) is 0 Å². The van der Waals surface area contributed by atoms with E-state index in [0.717, 1.165) is 30.1 Å². The third kappa shape index (κ3) is 4.37. The van der Waals surface area contributed by atoms with E-state index in [0.29, 0.717) is 29.0 Å². The first-order valence-corrected chi connectivity index (χ1v) is 10.4. The van der Waals surface area contributed by atoms with Crippen molar-refractivity contribution >= 4 is 17.5 Å². The molecule has 0 fully saturated rings. The summed E-state index contributed by atoms with van der Waals surface area (Å²) >= 11 is 0. The normalized spacial score (nSPS) is 11.2. The van der Waals surface area contributed by atoms with Gasteiger partial charge in [0.05, 0.1) is 0 Å². The Morgan fingerprint density at radius 1 is 0.967 bits per heavy atom. The zero-order valence-corrected chi connectivity index (χ0v) is 17.8. The molecule has 0 unspecified atom stereocenters. The highest BCUT2D eigenvalue weighted by molar-refractivity contribution is 5.75. The van der Waals surface area contributed by atoms with E-state index >= 15 is 0 Å². The lowest BCUT2D eigenvalue weighted by Gasteiger charge is -2.10. The third-order valence-corrected chi connectivity index (χ3v) is 5.27. The minimum absolute atomic E-state index is 0.260. The molecule has 0 spiro atoms. The van der Waals surface area contributed by atoms with Gasteiger partial charge in [0.2, 0.25) is 0 Å². The number of rotatable bonds is 10. The van der Waals surface area contributed by atoms with Gasteiger partial charge in [-0.25, -0.2) is 4.79 Å². The first-order chi connectivity index (χ1) is 14.5. The first kappa shape index (κ1) is 21.5. The van der Waals surface area contributed by atoms with Crippen molar-refractivity contribution in [1.29, 1.82) is 0 Å². The van der Waals surface area contributed by atoms with Crippen molar-refractivity contribution in [3.8, 4) is 11.8 Å². The van der Waals surface area contributed by atoms with Crippen molar-refractivity contribution in [3.63, 3.8) is 0 Å². The molecule has 2 heterocycles. The number of imidazole rings is 1. The van der Waals surface area contributed by atoms with Gasteiger partial charge in [0.25, 0.3) is 5.56 Å². The van der Waals surface area contributed by atoms with Crippen LogP contribution < -0.4 is 16.0 Å². The summed E-state index contributed by atoms with van der Waals surface area (Å²) in [7, 11) is 3.06. The van der Waals surface area contributed by atoms with E-state index in [-0.39, 0.29) is 6.01 Å². The molecule has 0 saturated carbocycles. The molecule has 0 atom stereocenters. The minimum Gasteiger partial charge on any atom is -0.425 e. The van der Waals surface area contributed by atoms with Crippen LogP contribution in [0.15, 0.2) is 33.9 Å². The third-order valence-electron chi connectivity index (χ3n) is 5.27. The van der Waals surface area contributed by atoms with Crippen molar-refractivity contribution in [2.45, 2.75) is 52.0 Å². The average Bonchev–Trinajstić information content (AvgIpc) is 3.12. The van der Waals surface area contributed by atoms with Gasteiger partial charge in [0, 0.05) is 26.2 Å². The predicted molar refractivity (Wildman–Crippen MR) is 115 cm³/mol. The number of carbonyl (C=O) groups is 1. The van der Waals surface area contributed by atoms with Crippen LogP contribution in [0.2, 0.25) is 0 Å². The van der Waals surface area contributed by atoms with E-state index < -0.39 is 11.2 Å². The van der Waals surface area contributed by atoms with Crippen LogP contribution >= 0.6 is 0 Å². The van der Waals surface area contributed by atoms with Gasteiger partial charge in [-0.15, -0.1) is 0 Å². The molecule has 0 aliphatic heterocycles. The average molecular weight is 412 g/mol. The van der Waals surface area contributed by atoms with Crippen molar-refractivity contribution in [2.24, 2.45) is 14.1 Å². The molecular formula is C22H28N4O4. The second-order valence-electron chi connectivity index (χ2n) is 7.48. The molecule has 8 nitrogen and oxygen atoms in total. The van der Waals surface area contributed by atoms with Gasteiger partial charge in [-0.1, -0.05) is 39.0 Å². The molecule has 8 heteroatoms. The van der Waals surface area contributed by atoms with Crippen LogP contribution in [0, 0.1) is 0 Å². The number of carbonyl (C=O) groups excluding carboxylic acids is 1. The summed E-state index contributed by atoms with van der Waals surface area (Å²) in [6.45, 7) is 2.75. The Morgan fingerprint density at radius 2 is 1.63 bits per heavy atom. The summed E-state index contributed by atoms with van der Waals surface area (Å²) in [5, 5.41) is 0. The fraction of sp³-hybridized carbons (Fsp3) is 0.455. The lowest BCUT2D eigenvalue weighted by molar-refractivity contribution is 0.112. The number of nitrogens with zero attached hydrogens (tertiary/aromatic N) is 4. The number of ether oxygens (including phenoxy) is 1. The van der Waals surface area contributed by atoms with Gasteiger partial charge in [-0.3, -0.25) is 23.3 Å². The molecule has 30 heavy (non-hydrogen) atoms. The number of hydrogen-bond acceptors (Lipinski definition) is 5. The van der Waals surface area contributed by atoms with Gasteiger partial charge in [-0.2, -0.15) is 4.98 Å². The maximum Gasteiger partial charge on any atom is 0.332 e. The van der Waals surface area contributed by atoms with Crippen molar-refractivity contribution in [3.05, 3.63) is 50.7 Å². The maximum absolute atomic E-state index is 12.8. The van der Waals surface area contributed by atoms with Crippen molar-refractivity contribution < 1.29 is 9.53 Å². The molecule has 0 aliphatic rings. The number of hydrogen-bond donors (Lipinski definition) is 0. The quantitative estimate of drug-likeness (QED) is 0.376. The van der Waals surface area contributed by atoms with Crippen LogP contribution in [0.1, 0.15) is 55.8 Å². The van der Waals surface area contributed by atoms with Gasteiger partial charge in [0.15, 0.2) is 11.2 Å². The molecule has 160 valence electrons. The summed E-state index contributed by atoms with van der Waals surface area (Å²) in [4.78, 5) is 40.5. The molecule has 2 aromatic heterocycles. The van der Waals surface area contributed by atoms with E-state index in [1.165, 1.54) is 30.9 Å². The molecule has 0 N–H and O–H groups in total. The highest BCUT2D eigenvalue weighted by Gasteiger charge is 2.20. The van der Waals surface area contributed by atoms with Crippen LogP contribution in [0.3, 0.4) is 0 Å². The molecular weight excluding hydrogens is 384 g/mol. The lowest BCUT2D eigenvalue weighted by atomic mass is 10.1. The Hall–Kier alpha value is -3.16. The first-order valence-electron chi connectivity index (χ1n) is 10.4. The smallest absolute Gasteiger partial charge is 0.332 e. The van der Waals surface area contributed by atoms with E-state index in [1.807, 2.05) is 0 Å². The Kier molecular flexibility index (Phi) is 6.87.